The molecule has 0 aliphatic heterocycles. The second-order valence-electron chi connectivity index (χ2n) is 13.2. The molecule has 5 heteroatoms. The number of nitriles is 2. The van der Waals surface area contributed by atoms with Crippen molar-refractivity contribution in [1.29, 1.82) is 10.5 Å². The lowest BCUT2D eigenvalue weighted by Gasteiger charge is -2.30. The number of furan rings is 1. The summed E-state index contributed by atoms with van der Waals surface area (Å²) in [6.07, 6.45) is 4.13. The Balaban J connectivity index is 1.26. The Hall–Kier alpha value is -6.82. The highest BCUT2D eigenvalue weighted by Gasteiger charge is 2.31. The minimum Gasteiger partial charge on any atom is -0.454 e. The van der Waals surface area contributed by atoms with Crippen molar-refractivity contribution in [1.82, 2.24) is 9.13 Å². The lowest BCUT2D eigenvalue weighted by atomic mass is 9.79. The Bertz CT molecular complexity index is 3030. The van der Waals surface area contributed by atoms with Gasteiger partial charge in [-0.2, -0.15) is 10.5 Å². The first-order valence-electron chi connectivity index (χ1n) is 16.8. The third-order valence-electron chi connectivity index (χ3n) is 10.4. The van der Waals surface area contributed by atoms with Gasteiger partial charge in [-0.1, -0.05) is 79.7 Å². The molecule has 6 aromatic carbocycles. The van der Waals surface area contributed by atoms with Gasteiger partial charge >= 0.3 is 0 Å². The molecule has 3 heterocycles. The molecule has 1 aliphatic rings. The Kier molecular flexibility index (Phi) is 5.98. The molecule has 2 unspecified atom stereocenters. The molecule has 10 rings (SSSR count). The van der Waals surface area contributed by atoms with Crippen molar-refractivity contribution in [3.8, 4) is 17.8 Å². The molecule has 3 aromatic heterocycles. The summed E-state index contributed by atoms with van der Waals surface area (Å²) < 4.78 is 11.2. The number of benzene rings is 6. The summed E-state index contributed by atoms with van der Waals surface area (Å²) in [5.41, 5.74) is 10.5. The molecule has 0 amide bonds. The molecule has 0 radical (unpaired) electrons. The van der Waals surface area contributed by atoms with E-state index in [-0.39, 0.29) is 11.8 Å². The lowest BCUT2D eigenvalue weighted by Crippen LogP contribution is -2.18. The van der Waals surface area contributed by atoms with Crippen LogP contribution in [-0.4, -0.2) is 9.13 Å². The van der Waals surface area contributed by atoms with Crippen molar-refractivity contribution in [3.05, 3.63) is 156 Å². The molecule has 2 atom stereocenters. The number of fused-ring (bicyclic) bond motifs is 10. The van der Waals surface area contributed by atoms with Crippen LogP contribution in [0.3, 0.4) is 0 Å². The van der Waals surface area contributed by atoms with Gasteiger partial charge in [-0.15, -0.1) is 0 Å². The summed E-state index contributed by atoms with van der Waals surface area (Å²) in [7, 11) is 0. The van der Waals surface area contributed by atoms with Gasteiger partial charge in [0.25, 0.3) is 0 Å². The quantitative estimate of drug-likeness (QED) is 0.193. The Morgan fingerprint density at radius 3 is 2.14 bits per heavy atom. The minimum absolute atomic E-state index is 0.0428. The number of allylic oxidation sites excluding steroid dienone is 4. The molecule has 234 valence electrons. The molecule has 0 saturated heterocycles. The first kappa shape index (κ1) is 28.2. The van der Waals surface area contributed by atoms with Gasteiger partial charge in [0.2, 0.25) is 0 Å². The molecular weight excluding hydrogens is 613 g/mol. The van der Waals surface area contributed by atoms with Crippen LogP contribution in [0.1, 0.15) is 24.0 Å². The van der Waals surface area contributed by atoms with Gasteiger partial charge in [-0.3, -0.25) is 0 Å². The lowest BCUT2D eigenvalue weighted by molar-refractivity contribution is 0.630. The van der Waals surface area contributed by atoms with E-state index in [0.717, 1.165) is 76.9 Å². The van der Waals surface area contributed by atoms with E-state index in [4.69, 9.17) is 4.42 Å². The summed E-state index contributed by atoms with van der Waals surface area (Å²) in [6.45, 7) is 2.20. The number of hydrogen-bond acceptors (Lipinski definition) is 3. The minimum atomic E-state index is -0.0452. The van der Waals surface area contributed by atoms with E-state index in [1.165, 1.54) is 5.56 Å². The van der Waals surface area contributed by atoms with E-state index in [9.17, 15) is 10.5 Å². The van der Waals surface area contributed by atoms with Gasteiger partial charge in [0.1, 0.15) is 5.58 Å². The van der Waals surface area contributed by atoms with Crippen LogP contribution in [0.2, 0.25) is 0 Å². The third kappa shape index (κ3) is 3.92. The smallest absolute Gasteiger partial charge is 0.160 e. The van der Waals surface area contributed by atoms with Crippen molar-refractivity contribution < 1.29 is 4.42 Å². The highest BCUT2D eigenvalue weighted by Crippen LogP contribution is 2.46. The maximum atomic E-state index is 10.2. The van der Waals surface area contributed by atoms with Crippen molar-refractivity contribution in [3.63, 3.8) is 0 Å². The van der Waals surface area contributed by atoms with Crippen LogP contribution >= 0.6 is 0 Å². The zero-order valence-corrected chi connectivity index (χ0v) is 27.1. The summed E-state index contributed by atoms with van der Waals surface area (Å²) in [5.74, 6) is -0.00236. The second-order valence-corrected chi connectivity index (χ2v) is 13.2. The molecule has 0 fully saturated rings. The van der Waals surface area contributed by atoms with Gasteiger partial charge in [0.15, 0.2) is 5.58 Å². The van der Waals surface area contributed by atoms with Crippen LogP contribution in [0.4, 0.5) is 0 Å². The molecule has 5 nitrogen and oxygen atoms in total. The topological polar surface area (TPSA) is 70.6 Å². The Morgan fingerprint density at radius 2 is 1.30 bits per heavy atom. The van der Waals surface area contributed by atoms with Gasteiger partial charge < -0.3 is 13.6 Å². The Morgan fingerprint density at radius 1 is 0.600 bits per heavy atom. The van der Waals surface area contributed by atoms with Crippen molar-refractivity contribution in [2.45, 2.75) is 12.8 Å². The summed E-state index contributed by atoms with van der Waals surface area (Å²) in [5, 5.41) is 26.5. The highest BCUT2D eigenvalue weighted by molar-refractivity contribution is 6.21. The van der Waals surface area contributed by atoms with Crippen molar-refractivity contribution >= 4 is 71.2 Å². The highest BCUT2D eigenvalue weighted by atomic mass is 16.3. The van der Waals surface area contributed by atoms with E-state index in [1.807, 2.05) is 48.5 Å². The maximum absolute atomic E-state index is 10.2. The van der Waals surface area contributed by atoms with Gasteiger partial charge in [0, 0.05) is 49.6 Å². The predicted molar refractivity (Wildman–Crippen MR) is 202 cm³/mol. The standard InChI is InChI=1S/C45H28N4O/c1-27-21-29(26-47)23-41(49-38-13-7-5-11-32(38)36-22-28(25-46)15-19-40(36)49)43(27)30-16-20-39-37(24-30)34-17-18-35-33-12-6-8-14-42(33)50-45(35)44(34)48(39)31-9-3-2-4-10-31/h2-24,27,43H,1H3. The maximum Gasteiger partial charge on any atom is 0.160 e. The molecule has 9 aromatic rings. The number of nitrogens with zero attached hydrogens (tertiary/aromatic N) is 4. The summed E-state index contributed by atoms with van der Waals surface area (Å²) in [6, 6.07) is 48.9. The van der Waals surface area contributed by atoms with Gasteiger partial charge in [0.05, 0.1) is 45.3 Å². The van der Waals surface area contributed by atoms with Gasteiger partial charge in [-0.25, -0.2) is 0 Å². The molecule has 0 bridgehead atoms. The molecule has 1 aliphatic carbocycles. The normalized spacial score (nSPS) is 16.3. The zero-order valence-electron chi connectivity index (χ0n) is 27.1. The molecular formula is C45H28N4O. The third-order valence-corrected chi connectivity index (χ3v) is 10.4. The van der Waals surface area contributed by atoms with E-state index in [1.54, 1.807) is 0 Å². The predicted octanol–water partition coefficient (Wildman–Crippen LogP) is 11.4. The number of para-hydroxylation sites is 3. The zero-order chi connectivity index (χ0) is 33.5. The second kappa shape index (κ2) is 10.6. The fraction of sp³-hybridized carbons (Fsp3) is 0.0667. The van der Waals surface area contributed by atoms with Crippen LogP contribution in [0.25, 0.3) is 76.9 Å². The van der Waals surface area contributed by atoms with E-state index in [0.29, 0.717) is 11.1 Å². The van der Waals surface area contributed by atoms with Crippen molar-refractivity contribution in [2.75, 3.05) is 0 Å². The SMILES string of the molecule is CC1C=C(C#N)C=C(n2c3ccccc3c3cc(C#N)ccc32)C1c1ccc2c(c1)c1ccc3c4ccccc4oc3c1n2-c1ccccc1. The molecule has 50 heavy (non-hydrogen) atoms. The molecule has 0 saturated carbocycles. The van der Waals surface area contributed by atoms with Crippen LogP contribution in [0, 0.1) is 28.6 Å². The average Bonchev–Trinajstić information content (AvgIpc) is 3.82. The number of rotatable bonds is 3. The van der Waals surface area contributed by atoms with Crippen LogP contribution in [-0.2, 0) is 0 Å². The van der Waals surface area contributed by atoms with E-state index < -0.39 is 0 Å². The largest absolute Gasteiger partial charge is 0.454 e. The van der Waals surface area contributed by atoms with E-state index in [2.05, 4.69) is 119 Å². The summed E-state index contributed by atoms with van der Waals surface area (Å²) >= 11 is 0. The van der Waals surface area contributed by atoms with Crippen molar-refractivity contribution in [2.24, 2.45) is 5.92 Å². The Labute approximate surface area is 287 Å². The first-order chi connectivity index (χ1) is 24.6. The first-order valence-corrected chi connectivity index (χ1v) is 16.8. The number of hydrogen-bond donors (Lipinski definition) is 0. The van der Waals surface area contributed by atoms with Crippen LogP contribution in [0.15, 0.2) is 150 Å². The number of aromatic nitrogens is 2. The molecule has 0 N–H and O–H groups in total. The van der Waals surface area contributed by atoms with E-state index >= 15 is 0 Å². The molecule has 0 spiro atoms. The fourth-order valence-electron chi connectivity index (χ4n) is 8.35. The summed E-state index contributed by atoms with van der Waals surface area (Å²) in [4.78, 5) is 0. The van der Waals surface area contributed by atoms with Gasteiger partial charge in [-0.05, 0) is 78.2 Å². The van der Waals surface area contributed by atoms with Crippen LogP contribution < -0.4 is 0 Å². The monoisotopic (exact) mass is 640 g/mol. The fourth-order valence-corrected chi connectivity index (χ4v) is 8.35. The average molecular weight is 641 g/mol. The van der Waals surface area contributed by atoms with Crippen LogP contribution in [0.5, 0.6) is 0 Å².